The molecule has 320 valence electrons. The fourth-order valence-electron chi connectivity index (χ4n) is 7.63. The van der Waals surface area contributed by atoms with Gasteiger partial charge >= 0.3 is 0 Å². The second-order valence-corrected chi connectivity index (χ2v) is 18.6. The molecule has 5 heteroatoms. The smallest absolute Gasteiger partial charge is 0.296 e. The van der Waals surface area contributed by atoms with Gasteiger partial charge in [-0.2, -0.15) is 8.42 Å². The van der Waals surface area contributed by atoms with Gasteiger partial charge < -0.3 is 4.48 Å². The van der Waals surface area contributed by atoms with Crippen molar-refractivity contribution in [1.29, 1.82) is 0 Å². The third kappa shape index (κ3) is 35.5. The average Bonchev–Trinajstić information content (AvgIpc) is 3.17. The van der Waals surface area contributed by atoms with E-state index in [0.717, 1.165) is 12.8 Å². The maximum absolute atomic E-state index is 11.9. The van der Waals surface area contributed by atoms with Gasteiger partial charge in [-0.3, -0.25) is 4.18 Å². The standard InChI is InChI=1S/C31H66N.C18H30O3S/c1-5-8-11-14-17-20-23-26-29-32(4,30-27-24-21-18-15-12-9-6-2)31-28-25-22-19-16-13-10-7-3;1-2-3-4-5-6-7-8-9-10-14-17-21-22(19,20)18-15-12-11-13-16-18/h5-31H2,1-4H3;11-13,15-16H,2-10,14,17H2,1H3/q+1;. The zero-order chi connectivity index (χ0) is 39.7. The van der Waals surface area contributed by atoms with E-state index in [0.29, 0.717) is 0 Å². The molecule has 1 aromatic rings. The van der Waals surface area contributed by atoms with Crippen LogP contribution in [0, 0.1) is 0 Å². The summed E-state index contributed by atoms with van der Waals surface area (Å²) in [6, 6.07) is 8.33. The Morgan fingerprint density at radius 1 is 0.389 bits per heavy atom. The summed E-state index contributed by atoms with van der Waals surface area (Å²) in [6.07, 6.45) is 47.1. The van der Waals surface area contributed by atoms with Gasteiger partial charge in [0.15, 0.2) is 0 Å². The van der Waals surface area contributed by atoms with Crippen molar-refractivity contribution >= 4 is 10.1 Å². The zero-order valence-electron chi connectivity index (χ0n) is 37.3. The van der Waals surface area contributed by atoms with Gasteiger partial charge in [-0.25, -0.2) is 0 Å². The molecule has 0 radical (unpaired) electrons. The Balaban J connectivity index is 0.00000111. The van der Waals surface area contributed by atoms with E-state index < -0.39 is 10.1 Å². The fourth-order valence-corrected chi connectivity index (χ4v) is 8.59. The lowest BCUT2D eigenvalue weighted by atomic mass is 10.1. The molecular weight excluding hydrogens is 683 g/mol. The molecule has 0 aromatic heterocycles. The molecule has 0 aliphatic carbocycles. The average molecular weight is 779 g/mol. The van der Waals surface area contributed by atoms with Crippen molar-refractivity contribution in [3.05, 3.63) is 30.3 Å². The molecule has 0 unspecified atom stereocenters. The van der Waals surface area contributed by atoms with E-state index in [1.807, 2.05) is 0 Å². The first-order chi connectivity index (χ1) is 26.3. The molecule has 0 amide bonds. The van der Waals surface area contributed by atoms with E-state index in [4.69, 9.17) is 4.18 Å². The highest BCUT2D eigenvalue weighted by Crippen LogP contribution is 2.18. The van der Waals surface area contributed by atoms with Gasteiger partial charge in [0, 0.05) is 0 Å². The number of nitrogens with zero attached hydrogens (tertiary/aromatic N) is 1. The van der Waals surface area contributed by atoms with Crippen molar-refractivity contribution in [2.45, 2.75) is 251 Å². The first-order valence-corrected chi connectivity index (χ1v) is 25.5. The fraction of sp³-hybridized carbons (Fsp3) is 0.878. The summed E-state index contributed by atoms with van der Waals surface area (Å²) in [5, 5.41) is 0. The highest BCUT2D eigenvalue weighted by molar-refractivity contribution is 7.86. The molecule has 0 heterocycles. The third-order valence-electron chi connectivity index (χ3n) is 11.4. The molecule has 54 heavy (non-hydrogen) atoms. The van der Waals surface area contributed by atoms with Crippen LogP contribution in [0.5, 0.6) is 0 Å². The molecule has 0 saturated carbocycles. The summed E-state index contributed by atoms with van der Waals surface area (Å²) in [7, 11) is -0.983. The number of hydrogen-bond donors (Lipinski definition) is 0. The molecule has 0 bridgehead atoms. The van der Waals surface area contributed by atoms with Gasteiger partial charge in [0.1, 0.15) is 0 Å². The van der Waals surface area contributed by atoms with Gasteiger partial charge in [-0.15, -0.1) is 0 Å². The van der Waals surface area contributed by atoms with Crippen LogP contribution in [0.1, 0.15) is 246 Å². The Labute approximate surface area is 340 Å². The number of rotatable bonds is 40. The van der Waals surface area contributed by atoms with E-state index in [1.165, 1.54) is 230 Å². The van der Waals surface area contributed by atoms with Gasteiger partial charge in [-0.1, -0.05) is 219 Å². The van der Waals surface area contributed by atoms with E-state index in [2.05, 4.69) is 34.7 Å². The van der Waals surface area contributed by atoms with Crippen LogP contribution in [0.3, 0.4) is 0 Å². The monoisotopic (exact) mass is 779 g/mol. The molecule has 1 rings (SSSR count). The Morgan fingerprint density at radius 2 is 0.648 bits per heavy atom. The normalized spacial score (nSPS) is 11.9. The second-order valence-electron chi connectivity index (χ2n) is 17.0. The lowest BCUT2D eigenvalue weighted by molar-refractivity contribution is -0.910. The molecule has 4 nitrogen and oxygen atoms in total. The summed E-state index contributed by atoms with van der Waals surface area (Å²) in [5.41, 5.74) is 0. The van der Waals surface area contributed by atoms with Crippen LogP contribution in [0.4, 0.5) is 0 Å². The van der Waals surface area contributed by atoms with E-state index in [1.54, 1.807) is 30.3 Å². The predicted molar refractivity (Wildman–Crippen MR) is 240 cm³/mol. The molecule has 0 N–H and O–H groups in total. The predicted octanol–water partition coefficient (Wildman–Crippen LogP) is 16.2. The van der Waals surface area contributed by atoms with Gasteiger partial charge in [-0.05, 0) is 57.1 Å². The van der Waals surface area contributed by atoms with E-state index in [9.17, 15) is 8.42 Å². The van der Waals surface area contributed by atoms with Crippen LogP contribution in [0.2, 0.25) is 0 Å². The molecule has 0 aliphatic rings. The minimum Gasteiger partial charge on any atom is -0.326 e. The molecule has 0 spiro atoms. The molecule has 0 aliphatic heterocycles. The van der Waals surface area contributed by atoms with Gasteiger partial charge in [0.2, 0.25) is 0 Å². The number of quaternary nitrogens is 1. The van der Waals surface area contributed by atoms with Crippen LogP contribution >= 0.6 is 0 Å². The summed E-state index contributed by atoms with van der Waals surface area (Å²) < 4.78 is 30.2. The SMILES string of the molecule is CCCCCCCCCCCCOS(=O)(=O)c1ccccc1.CCCCCCCCCC[N+](C)(CCCCCCCCCC)CCCCCCCCCC. The van der Waals surface area contributed by atoms with Crippen molar-refractivity contribution in [3.63, 3.8) is 0 Å². The molecule has 0 fully saturated rings. The van der Waals surface area contributed by atoms with Gasteiger partial charge in [0.25, 0.3) is 10.1 Å². The Bertz CT molecular complexity index is 916. The maximum atomic E-state index is 11.9. The summed E-state index contributed by atoms with van der Waals surface area (Å²) in [5.74, 6) is 0. The summed E-state index contributed by atoms with van der Waals surface area (Å²) >= 11 is 0. The van der Waals surface area contributed by atoms with Crippen molar-refractivity contribution < 1.29 is 17.1 Å². The van der Waals surface area contributed by atoms with E-state index >= 15 is 0 Å². The second kappa shape index (κ2) is 40.3. The minimum absolute atomic E-state index is 0.238. The van der Waals surface area contributed by atoms with Crippen LogP contribution in [-0.4, -0.2) is 46.2 Å². The largest absolute Gasteiger partial charge is 0.326 e. The Kier molecular flexibility index (Phi) is 39.6. The molecule has 0 atom stereocenters. The number of unbranched alkanes of at least 4 members (excludes halogenated alkanes) is 30. The number of hydrogen-bond acceptors (Lipinski definition) is 3. The van der Waals surface area contributed by atoms with Crippen molar-refractivity contribution in [2.75, 3.05) is 33.3 Å². The Hall–Kier alpha value is -0.910. The molecular formula is C49H96NO3S+. The first kappa shape index (κ1) is 53.1. The number of benzene rings is 1. The molecule has 1 aromatic carbocycles. The lowest BCUT2D eigenvalue weighted by Crippen LogP contribution is -2.46. The third-order valence-corrected chi connectivity index (χ3v) is 12.7. The van der Waals surface area contributed by atoms with Crippen LogP contribution in [-0.2, 0) is 14.3 Å². The van der Waals surface area contributed by atoms with Crippen molar-refractivity contribution in [3.8, 4) is 0 Å². The van der Waals surface area contributed by atoms with Gasteiger partial charge in [0.05, 0.1) is 38.2 Å². The first-order valence-electron chi connectivity index (χ1n) is 24.1. The van der Waals surface area contributed by atoms with Crippen molar-refractivity contribution in [1.82, 2.24) is 0 Å². The maximum Gasteiger partial charge on any atom is 0.296 e. The summed E-state index contributed by atoms with van der Waals surface area (Å²) in [6.45, 7) is 13.8. The van der Waals surface area contributed by atoms with Crippen LogP contribution in [0.25, 0.3) is 0 Å². The quantitative estimate of drug-likeness (QED) is 0.0379. The highest BCUT2D eigenvalue weighted by atomic mass is 32.2. The zero-order valence-corrected chi connectivity index (χ0v) is 38.2. The lowest BCUT2D eigenvalue weighted by Gasteiger charge is -2.35. The van der Waals surface area contributed by atoms with Crippen LogP contribution < -0.4 is 0 Å². The highest BCUT2D eigenvalue weighted by Gasteiger charge is 2.20. The topological polar surface area (TPSA) is 43.4 Å². The summed E-state index contributed by atoms with van der Waals surface area (Å²) in [4.78, 5) is 0.238. The Morgan fingerprint density at radius 3 is 0.944 bits per heavy atom. The molecule has 0 saturated heterocycles. The van der Waals surface area contributed by atoms with E-state index in [-0.39, 0.29) is 11.5 Å². The van der Waals surface area contributed by atoms with Crippen LogP contribution in [0.15, 0.2) is 35.2 Å². The minimum atomic E-state index is -3.57. The van der Waals surface area contributed by atoms with Crippen molar-refractivity contribution in [2.24, 2.45) is 0 Å².